The SMILES string of the molecule is c1ccc(C(CNC2CCCC2C2COCCN2)N2CCCC2)cc1. The summed E-state index contributed by atoms with van der Waals surface area (Å²) in [6.45, 7) is 6.32. The molecule has 4 rings (SSSR count). The smallest absolute Gasteiger partial charge is 0.0623 e. The van der Waals surface area contributed by atoms with Crippen molar-refractivity contribution in [3.8, 4) is 0 Å². The Morgan fingerprint density at radius 2 is 1.96 bits per heavy atom. The average Bonchev–Trinajstić information content (AvgIpc) is 3.36. The van der Waals surface area contributed by atoms with E-state index in [0.29, 0.717) is 18.1 Å². The molecule has 1 aromatic rings. The molecule has 0 radical (unpaired) electrons. The predicted octanol–water partition coefficient (Wildman–Crippen LogP) is 2.57. The van der Waals surface area contributed by atoms with Crippen molar-refractivity contribution in [2.75, 3.05) is 39.4 Å². The molecule has 1 saturated carbocycles. The Bertz CT molecular complexity index is 511. The molecule has 0 aromatic heterocycles. The van der Waals surface area contributed by atoms with Crippen LogP contribution >= 0.6 is 0 Å². The summed E-state index contributed by atoms with van der Waals surface area (Å²) in [5.41, 5.74) is 1.46. The van der Waals surface area contributed by atoms with Gasteiger partial charge in [0.1, 0.15) is 0 Å². The second-order valence-electron chi connectivity index (χ2n) is 7.91. The van der Waals surface area contributed by atoms with E-state index >= 15 is 0 Å². The van der Waals surface area contributed by atoms with Crippen molar-refractivity contribution < 1.29 is 4.74 Å². The summed E-state index contributed by atoms with van der Waals surface area (Å²) in [7, 11) is 0. The Balaban J connectivity index is 1.40. The molecule has 0 spiro atoms. The zero-order valence-corrected chi connectivity index (χ0v) is 15.3. The van der Waals surface area contributed by atoms with Gasteiger partial charge < -0.3 is 15.4 Å². The number of hydrogen-bond donors (Lipinski definition) is 2. The van der Waals surface area contributed by atoms with Crippen molar-refractivity contribution in [1.82, 2.24) is 15.5 Å². The molecule has 3 aliphatic rings. The monoisotopic (exact) mass is 343 g/mol. The van der Waals surface area contributed by atoms with E-state index in [4.69, 9.17) is 4.74 Å². The van der Waals surface area contributed by atoms with Gasteiger partial charge in [-0.2, -0.15) is 0 Å². The molecule has 2 heterocycles. The minimum absolute atomic E-state index is 0.514. The first-order chi connectivity index (χ1) is 12.4. The third kappa shape index (κ3) is 4.25. The lowest BCUT2D eigenvalue weighted by atomic mass is 9.93. The van der Waals surface area contributed by atoms with Crippen LogP contribution < -0.4 is 10.6 Å². The molecule has 4 nitrogen and oxygen atoms in total. The van der Waals surface area contributed by atoms with Crippen LogP contribution in [-0.4, -0.2) is 56.4 Å². The number of benzene rings is 1. The van der Waals surface area contributed by atoms with Gasteiger partial charge in [0.25, 0.3) is 0 Å². The van der Waals surface area contributed by atoms with Gasteiger partial charge in [-0.15, -0.1) is 0 Å². The summed E-state index contributed by atoms with van der Waals surface area (Å²) in [5.74, 6) is 0.718. The largest absolute Gasteiger partial charge is 0.379 e. The van der Waals surface area contributed by atoms with E-state index in [2.05, 4.69) is 45.9 Å². The van der Waals surface area contributed by atoms with Gasteiger partial charge >= 0.3 is 0 Å². The van der Waals surface area contributed by atoms with Crippen molar-refractivity contribution in [1.29, 1.82) is 0 Å². The maximum Gasteiger partial charge on any atom is 0.0623 e. The average molecular weight is 344 g/mol. The second kappa shape index (κ2) is 8.63. The highest BCUT2D eigenvalue weighted by molar-refractivity contribution is 5.20. The van der Waals surface area contributed by atoms with Crippen LogP contribution in [0.2, 0.25) is 0 Å². The van der Waals surface area contributed by atoms with Crippen molar-refractivity contribution >= 4 is 0 Å². The van der Waals surface area contributed by atoms with Gasteiger partial charge in [-0.1, -0.05) is 36.8 Å². The number of nitrogens with zero attached hydrogens (tertiary/aromatic N) is 1. The fourth-order valence-electron chi connectivity index (χ4n) is 5.03. The highest BCUT2D eigenvalue weighted by Gasteiger charge is 2.35. The van der Waals surface area contributed by atoms with Gasteiger partial charge in [-0.3, -0.25) is 4.90 Å². The van der Waals surface area contributed by atoms with Crippen LogP contribution in [0.3, 0.4) is 0 Å². The van der Waals surface area contributed by atoms with Crippen molar-refractivity contribution in [2.24, 2.45) is 5.92 Å². The van der Waals surface area contributed by atoms with Gasteiger partial charge in [0.2, 0.25) is 0 Å². The fourth-order valence-corrected chi connectivity index (χ4v) is 5.03. The molecule has 3 fully saturated rings. The molecule has 25 heavy (non-hydrogen) atoms. The lowest BCUT2D eigenvalue weighted by Gasteiger charge is -2.35. The van der Waals surface area contributed by atoms with E-state index in [0.717, 1.165) is 32.2 Å². The van der Waals surface area contributed by atoms with Crippen LogP contribution in [0, 0.1) is 5.92 Å². The summed E-state index contributed by atoms with van der Waals surface area (Å²) in [6, 6.07) is 12.8. The van der Waals surface area contributed by atoms with Gasteiger partial charge in [-0.25, -0.2) is 0 Å². The van der Waals surface area contributed by atoms with E-state index in [1.54, 1.807) is 0 Å². The predicted molar refractivity (Wildman–Crippen MR) is 102 cm³/mol. The Morgan fingerprint density at radius 1 is 1.12 bits per heavy atom. The first kappa shape index (κ1) is 17.5. The number of ether oxygens (including phenoxy) is 1. The number of rotatable bonds is 6. The molecule has 2 N–H and O–H groups in total. The molecular weight excluding hydrogens is 310 g/mol. The molecule has 0 amide bonds. The highest BCUT2D eigenvalue weighted by Crippen LogP contribution is 2.31. The lowest BCUT2D eigenvalue weighted by molar-refractivity contribution is 0.0519. The fraction of sp³-hybridized carbons (Fsp3) is 0.714. The molecule has 4 atom stereocenters. The highest BCUT2D eigenvalue weighted by atomic mass is 16.5. The Hall–Kier alpha value is -0.940. The number of hydrogen-bond acceptors (Lipinski definition) is 4. The summed E-state index contributed by atoms with van der Waals surface area (Å²) >= 11 is 0. The lowest BCUT2D eigenvalue weighted by Crippen LogP contribution is -2.51. The van der Waals surface area contributed by atoms with Crippen LogP contribution in [0.1, 0.15) is 43.7 Å². The molecular formula is C21H33N3O. The third-order valence-electron chi connectivity index (χ3n) is 6.38. The van der Waals surface area contributed by atoms with Crippen LogP contribution in [-0.2, 0) is 4.74 Å². The van der Waals surface area contributed by atoms with E-state index in [1.165, 1.54) is 50.8 Å². The summed E-state index contributed by atoms with van der Waals surface area (Å²) in [6.07, 6.45) is 6.68. The normalized spacial score (nSPS) is 32.1. The number of likely N-dealkylation sites (tertiary alicyclic amines) is 1. The molecule has 1 aliphatic carbocycles. The van der Waals surface area contributed by atoms with Gasteiger partial charge in [0, 0.05) is 31.2 Å². The van der Waals surface area contributed by atoms with Crippen molar-refractivity contribution in [2.45, 2.75) is 50.2 Å². The van der Waals surface area contributed by atoms with Crippen molar-refractivity contribution in [3.05, 3.63) is 35.9 Å². The molecule has 138 valence electrons. The number of morpholine rings is 1. The summed E-state index contributed by atoms with van der Waals surface area (Å²) in [5, 5.41) is 7.66. The minimum atomic E-state index is 0.514. The number of nitrogens with one attached hydrogen (secondary N) is 2. The Morgan fingerprint density at radius 3 is 2.72 bits per heavy atom. The van der Waals surface area contributed by atoms with Gasteiger partial charge in [0.05, 0.1) is 13.2 Å². The van der Waals surface area contributed by atoms with E-state index in [9.17, 15) is 0 Å². The maximum absolute atomic E-state index is 5.72. The quantitative estimate of drug-likeness (QED) is 0.832. The Labute approximate surface area is 152 Å². The topological polar surface area (TPSA) is 36.5 Å². The first-order valence-corrected chi connectivity index (χ1v) is 10.3. The first-order valence-electron chi connectivity index (χ1n) is 10.3. The standard InChI is InChI=1S/C21H33N3O/c1-2-7-17(8-3-1)21(24-12-4-5-13-24)15-23-19-10-6-9-18(19)20-16-25-14-11-22-20/h1-3,7-8,18-23H,4-6,9-16H2. The van der Waals surface area contributed by atoms with Gasteiger partial charge in [-0.05, 0) is 50.3 Å². The molecule has 0 bridgehead atoms. The zero-order valence-electron chi connectivity index (χ0n) is 15.3. The zero-order chi connectivity index (χ0) is 16.9. The molecule has 4 unspecified atom stereocenters. The van der Waals surface area contributed by atoms with Crippen LogP contribution in [0.25, 0.3) is 0 Å². The van der Waals surface area contributed by atoms with Crippen LogP contribution in [0.5, 0.6) is 0 Å². The minimum Gasteiger partial charge on any atom is -0.379 e. The maximum atomic E-state index is 5.72. The molecule has 2 aliphatic heterocycles. The van der Waals surface area contributed by atoms with E-state index in [1.807, 2.05) is 0 Å². The molecule has 1 aromatic carbocycles. The van der Waals surface area contributed by atoms with Crippen LogP contribution in [0.4, 0.5) is 0 Å². The summed E-state index contributed by atoms with van der Waals surface area (Å²) in [4.78, 5) is 2.67. The third-order valence-corrected chi connectivity index (χ3v) is 6.38. The second-order valence-corrected chi connectivity index (χ2v) is 7.91. The summed E-state index contributed by atoms with van der Waals surface area (Å²) < 4.78 is 5.72. The van der Waals surface area contributed by atoms with E-state index in [-0.39, 0.29) is 0 Å². The Kier molecular flexibility index (Phi) is 6.03. The van der Waals surface area contributed by atoms with Crippen molar-refractivity contribution in [3.63, 3.8) is 0 Å². The van der Waals surface area contributed by atoms with Gasteiger partial charge in [0.15, 0.2) is 0 Å². The van der Waals surface area contributed by atoms with Crippen LogP contribution in [0.15, 0.2) is 30.3 Å². The molecule has 2 saturated heterocycles. The van der Waals surface area contributed by atoms with E-state index < -0.39 is 0 Å². The molecule has 4 heteroatoms.